The van der Waals surface area contributed by atoms with Gasteiger partial charge >= 0.3 is 11.9 Å². The van der Waals surface area contributed by atoms with E-state index in [0.717, 1.165) is 16.7 Å². The van der Waals surface area contributed by atoms with Crippen LogP contribution in [0.2, 0.25) is 0 Å². The molecular formula is C20H32O5. The Morgan fingerprint density at radius 2 is 1.28 bits per heavy atom. The first kappa shape index (κ1) is 23.0. The summed E-state index contributed by atoms with van der Waals surface area (Å²) in [6.45, 7) is 15.4. The second kappa shape index (κ2) is 8.37. The normalized spacial score (nSPS) is 12.8. The van der Waals surface area contributed by atoms with E-state index in [4.69, 9.17) is 5.11 Å². The molecule has 0 aliphatic carbocycles. The van der Waals surface area contributed by atoms with E-state index >= 15 is 0 Å². The molecule has 142 valence electrons. The van der Waals surface area contributed by atoms with Crippen LogP contribution in [-0.2, 0) is 20.4 Å². The van der Waals surface area contributed by atoms with E-state index in [-0.39, 0.29) is 23.0 Å². The number of aromatic hydroxyl groups is 1. The summed E-state index contributed by atoms with van der Waals surface area (Å²) in [4.78, 5) is 20.6. The van der Waals surface area contributed by atoms with Crippen LogP contribution in [-0.4, -0.2) is 27.3 Å². The average molecular weight is 352 g/mol. The summed E-state index contributed by atoms with van der Waals surface area (Å²) in [5, 5.41) is 27.5. The van der Waals surface area contributed by atoms with Crippen molar-refractivity contribution in [2.45, 2.75) is 78.6 Å². The van der Waals surface area contributed by atoms with E-state index in [1.54, 1.807) is 13.8 Å². The molecule has 0 aliphatic rings. The van der Waals surface area contributed by atoms with Gasteiger partial charge in [-0.25, -0.2) is 0 Å². The van der Waals surface area contributed by atoms with Crippen molar-refractivity contribution >= 4 is 11.9 Å². The fourth-order valence-corrected chi connectivity index (χ4v) is 2.19. The summed E-state index contributed by atoms with van der Waals surface area (Å²) in [5.41, 5.74) is 1.86. The topological polar surface area (TPSA) is 94.8 Å². The lowest BCUT2D eigenvalue weighted by Gasteiger charge is -2.28. The quantitative estimate of drug-likeness (QED) is 0.735. The predicted molar refractivity (Wildman–Crippen MR) is 99.5 cm³/mol. The molecule has 3 N–H and O–H groups in total. The van der Waals surface area contributed by atoms with E-state index in [1.807, 2.05) is 53.7 Å². The highest BCUT2D eigenvalue weighted by atomic mass is 16.4. The number of benzene rings is 1. The van der Waals surface area contributed by atoms with Crippen molar-refractivity contribution in [3.8, 4) is 5.75 Å². The van der Waals surface area contributed by atoms with Gasteiger partial charge in [-0.1, -0.05) is 60.6 Å². The molecule has 1 unspecified atom stereocenters. The molecule has 25 heavy (non-hydrogen) atoms. The van der Waals surface area contributed by atoms with Crippen LogP contribution in [0, 0.1) is 0 Å². The smallest absolute Gasteiger partial charge is 0.310 e. The van der Waals surface area contributed by atoms with Crippen LogP contribution < -0.4 is 0 Å². The zero-order valence-corrected chi connectivity index (χ0v) is 16.6. The summed E-state index contributed by atoms with van der Waals surface area (Å²) in [6.07, 6.45) is 0.222. The molecule has 0 radical (unpaired) electrons. The van der Waals surface area contributed by atoms with Crippen molar-refractivity contribution in [1.82, 2.24) is 0 Å². The standard InChI is InChI=1S/C17H26O3.C3H6O2/c1-10(15(19)20)11-8-12(16(2,3)4)14(18)13(9-11)17(5,6)7;1-2-3(4)5/h8-10,18H,1-7H3,(H,19,20);2H2,1H3,(H,4,5). The van der Waals surface area contributed by atoms with Gasteiger partial charge in [-0.2, -0.15) is 0 Å². The molecule has 0 aliphatic heterocycles. The number of carbonyl (C=O) groups is 2. The molecule has 0 fully saturated rings. The highest BCUT2D eigenvalue weighted by Gasteiger charge is 2.28. The van der Waals surface area contributed by atoms with E-state index in [1.165, 1.54) is 0 Å². The molecular weight excluding hydrogens is 320 g/mol. The fraction of sp³-hybridized carbons (Fsp3) is 0.600. The number of carboxylic acids is 2. The Kier molecular flexibility index (Phi) is 7.68. The summed E-state index contributed by atoms with van der Waals surface area (Å²) < 4.78 is 0. The first-order valence-corrected chi connectivity index (χ1v) is 8.45. The minimum Gasteiger partial charge on any atom is -0.507 e. The molecule has 0 saturated carbocycles. The third-order valence-corrected chi connectivity index (χ3v) is 3.92. The summed E-state index contributed by atoms with van der Waals surface area (Å²) >= 11 is 0. The molecule has 1 atom stereocenters. The van der Waals surface area contributed by atoms with Gasteiger partial charge in [-0.05, 0) is 34.4 Å². The molecule has 0 aromatic heterocycles. The van der Waals surface area contributed by atoms with Crippen molar-refractivity contribution in [3.63, 3.8) is 0 Å². The Morgan fingerprint density at radius 1 is 0.960 bits per heavy atom. The molecule has 5 nitrogen and oxygen atoms in total. The highest BCUT2D eigenvalue weighted by molar-refractivity contribution is 5.76. The number of rotatable bonds is 3. The summed E-state index contributed by atoms with van der Waals surface area (Å²) in [7, 11) is 0. The van der Waals surface area contributed by atoms with Crippen molar-refractivity contribution in [3.05, 3.63) is 28.8 Å². The van der Waals surface area contributed by atoms with Crippen molar-refractivity contribution < 1.29 is 24.9 Å². The van der Waals surface area contributed by atoms with Crippen LogP contribution in [0.4, 0.5) is 0 Å². The number of hydrogen-bond acceptors (Lipinski definition) is 3. The van der Waals surface area contributed by atoms with Gasteiger partial charge in [0.05, 0.1) is 5.92 Å². The number of hydrogen-bond donors (Lipinski definition) is 3. The second-order valence-corrected chi connectivity index (χ2v) is 8.27. The molecule has 1 aromatic rings. The van der Waals surface area contributed by atoms with Gasteiger partial charge in [0, 0.05) is 6.42 Å². The van der Waals surface area contributed by atoms with Crippen LogP contribution in [0.5, 0.6) is 5.75 Å². The van der Waals surface area contributed by atoms with E-state index < -0.39 is 17.9 Å². The Labute approximate surface area is 150 Å². The third kappa shape index (κ3) is 6.77. The van der Waals surface area contributed by atoms with Crippen molar-refractivity contribution in [1.29, 1.82) is 0 Å². The van der Waals surface area contributed by atoms with Crippen molar-refractivity contribution in [2.24, 2.45) is 0 Å². The first-order valence-electron chi connectivity index (χ1n) is 8.45. The molecule has 0 amide bonds. The maximum absolute atomic E-state index is 11.2. The van der Waals surface area contributed by atoms with Gasteiger partial charge in [-0.3, -0.25) is 9.59 Å². The SMILES string of the molecule is CC(C(=O)O)c1cc(C(C)(C)C)c(O)c(C(C)(C)C)c1.CCC(=O)O. The minimum atomic E-state index is -0.851. The Hall–Kier alpha value is -2.04. The van der Waals surface area contributed by atoms with E-state index in [0.29, 0.717) is 0 Å². The second-order valence-electron chi connectivity index (χ2n) is 8.27. The number of phenols is 1. The average Bonchev–Trinajstić information content (AvgIpc) is 2.44. The van der Waals surface area contributed by atoms with Gasteiger partial charge < -0.3 is 15.3 Å². The van der Waals surface area contributed by atoms with E-state index in [9.17, 15) is 19.8 Å². The number of aliphatic carboxylic acids is 2. The van der Waals surface area contributed by atoms with Crippen LogP contribution in [0.3, 0.4) is 0 Å². The highest BCUT2D eigenvalue weighted by Crippen LogP contribution is 2.41. The Morgan fingerprint density at radius 3 is 1.48 bits per heavy atom. The number of carboxylic acid groups (broad SMARTS) is 2. The van der Waals surface area contributed by atoms with Crippen LogP contribution in [0.25, 0.3) is 0 Å². The molecule has 1 rings (SSSR count). The van der Waals surface area contributed by atoms with Gasteiger partial charge in [0.25, 0.3) is 0 Å². The summed E-state index contributed by atoms with van der Waals surface area (Å²) in [6, 6.07) is 3.65. The van der Waals surface area contributed by atoms with Gasteiger partial charge in [0.15, 0.2) is 0 Å². The Balaban J connectivity index is 0.00000101. The molecule has 0 heterocycles. The lowest BCUT2D eigenvalue weighted by molar-refractivity contribution is -0.138. The van der Waals surface area contributed by atoms with Crippen molar-refractivity contribution in [2.75, 3.05) is 0 Å². The van der Waals surface area contributed by atoms with Crippen LogP contribution in [0.15, 0.2) is 12.1 Å². The maximum atomic E-state index is 11.2. The zero-order valence-electron chi connectivity index (χ0n) is 16.6. The largest absolute Gasteiger partial charge is 0.507 e. The first-order chi connectivity index (χ1) is 11.1. The molecule has 0 saturated heterocycles. The fourth-order valence-electron chi connectivity index (χ4n) is 2.19. The zero-order chi connectivity index (χ0) is 20.2. The van der Waals surface area contributed by atoms with Crippen LogP contribution >= 0.6 is 0 Å². The summed E-state index contributed by atoms with van der Waals surface area (Å²) in [5.74, 6) is -1.90. The Bertz CT molecular complexity index is 583. The van der Waals surface area contributed by atoms with Gasteiger partial charge in [0.1, 0.15) is 5.75 Å². The van der Waals surface area contributed by atoms with Gasteiger partial charge in [0.2, 0.25) is 0 Å². The van der Waals surface area contributed by atoms with Gasteiger partial charge in [-0.15, -0.1) is 0 Å². The van der Waals surface area contributed by atoms with E-state index in [2.05, 4.69) is 0 Å². The third-order valence-electron chi connectivity index (χ3n) is 3.92. The molecule has 0 spiro atoms. The maximum Gasteiger partial charge on any atom is 0.310 e. The molecule has 0 bridgehead atoms. The predicted octanol–water partition coefficient (Wildman–Crippen LogP) is 4.66. The van der Waals surface area contributed by atoms with Crippen LogP contribution in [0.1, 0.15) is 84.4 Å². The monoisotopic (exact) mass is 352 g/mol. The molecule has 1 aromatic carbocycles. The minimum absolute atomic E-state index is 0.222. The molecule has 5 heteroatoms. The lowest BCUT2D eigenvalue weighted by atomic mass is 9.77. The lowest BCUT2D eigenvalue weighted by Crippen LogP contribution is -2.19. The number of phenolic OH excluding ortho intramolecular Hbond substituents is 1.